The first-order valence-electron chi connectivity index (χ1n) is 6.71. The van der Waals surface area contributed by atoms with Crippen LogP contribution in [-0.4, -0.2) is 25.2 Å². The molecular weight excluding hydrogens is 284 g/mol. The summed E-state index contributed by atoms with van der Waals surface area (Å²) in [6.07, 6.45) is 0. The van der Waals surface area contributed by atoms with Gasteiger partial charge in [0.15, 0.2) is 5.13 Å². The number of rotatable bonds is 6. The van der Waals surface area contributed by atoms with Crippen molar-refractivity contribution in [3.05, 3.63) is 48.5 Å². The Bertz CT molecular complexity index is 713. The van der Waals surface area contributed by atoms with Crippen molar-refractivity contribution in [3.63, 3.8) is 0 Å². The summed E-state index contributed by atoms with van der Waals surface area (Å²) in [7, 11) is 1.69. The third-order valence-electron chi connectivity index (χ3n) is 2.92. The summed E-state index contributed by atoms with van der Waals surface area (Å²) in [5, 5.41) is 4.15. The van der Waals surface area contributed by atoms with Gasteiger partial charge in [-0.25, -0.2) is 4.98 Å². The second-order valence-electron chi connectivity index (χ2n) is 4.48. The monoisotopic (exact) mass is 300 g/mol. The maximum Gasteiger partial charge on any atom is 0.183 e. The number of nitrogens with one attached hydrogen (secondary N) is 1. The van der Waals surface area contributed by atoms with Gasteiger partial charge in [0.05, 0.1) is 16.8 Å². The van der Waals surface area contributed by atoms with Gasteiger partial charge < -0.3 is 14.8 Å². The molecule has 108 valence electrons. The zero-order chi connectivity index (χ0) is 14.5. The highest BCUT2D eigenvalue weighted by Gasteiger charge is 2.05. The molecule has 0 aliphatic carbocycles. The SMILES string of the molecule is COCCNc1nc2ccc(Oc3ccccc3)cc2s1. The molecule has 5 heteroatoms. The molecule has 1 heterocycles. The van der Waals surface area contributed by atoms with Gasteiger partial charge in [-0.2, -0.15) is 0 Å². The molecule has 0 saturated heterocycles. The molecule has 1 aromatic heterocycles. The summed E-state index contributed by atoms with van der Waals surface area (Å²) in [5.74, 6) is 1.65. The van der Waals surface area contributed by atoms with Crippen molar-refractivity contribution in [2.45, 2.75) is 0 Å². The molecule has 0 unspecified atom stereocenters. The fourth-order valence-corrected chi connectivity index (χ4v) is 2.85. The zero-order valence-corrected chi connectivity index (χ0v) is 12.5. The van der Waals surface area contributed by atoms with E-state index in [4.69, 9.17) is 9.47 Å². The van der Waals surface area contributed by atoms with Gasteiger partial charge in [0.2, 0.25) is 0 Å². The van der Waals surface area contributed by atoms with Crippen molar-refractivity contribution in [1.82, 2.24) is 4.98 Å². The Kier molecular flexibility index (Phi) is 4.33. The number of anilines is 1. The Labute approximate surface area is 127 Å². The smallest absolute Gasteiger partial charge is 0.183 e. The van der Waals surface area contributed by atoms with E-state index in [9.17, 15) is 0 Å². The van der Waals surface area contributed by atoms with Crippen LogP contribution in [0.25, 0.3) is 10.2 Å². The molecule has 0 amide bonds. The molecule has 4 nitrogen and oxygen atoms in total. The van der Waals surface area contributed by atoms with E-state index in [1.165, 1.54) is 0 Å². The summed E-state index contributed by atoms with van der Waals surface area (Å²) in [4.78, 5) is 4.53. The average Bonchev–Trinajstić information content (AvgIpc) is 2.90. The maximum absolute atomic E-state index is 5.83. The van der Waals surface area contributed by atoms with Gasteiger partial charge in [0.1, 0.15) is 11.5 Å². The highest BCUT2D eigenvalue weighted by Crippen LogP contribution is 2.31. The van der Waals surface area contributed by atoms with E-state index in [1.807, 2.05) is 48.5 Å². The lowest BCUT2D eigenvalue weighted by molar-refractivity contribution is 0.211. The van der Waals surface area contributed by atoms with E-state index in [0.29, 0.717) is 6.61 Å². The highest BCUT2D eigenvalue weighted by molar-refractivity contribution is 7.22. The number of methoxy groups -OCH3 is 1. The van der Waals surface area contributed by atoms with Crippen molar-refractivity contribution < 1.29 is 9.47 Å². The molecule has 0 saturated carbocycles. The highest BCUT2D eigenvalue weighted by atomic mass is 32.1. The van der Waals surface area contributed by atoms with Gasteiger partial charge in [-0.3, -0.25) is 0 Å². The van der Waals surface area contributed by atoms with Crippen LogP contribution in [0.3, 0.4) is 0 Å². The lowest BCUT2D eigenvalue weighted by Crippen LogP contribution is -2.06. The predicted octanol–water partition coefficient (Wildman–Crippen LogP) is 4.15. The zero-order valence-electron chi connectivity index (χ0n) is 11.7. The third-order valence-corrected chi connectivity index (χ3v) is 3.90. The summed E-state index contributed by atoms with van der Waals surface area (Å²) in [6, 6.07) is 15.7. The molecule has 3 aromatic rings. The number of hydrogen-bond donors (Lipinski definition) is 1. The molecule has 1 N–H and O–H groups in total. The molecule has 21 heavy (non-hydrogen) atoms. The van der Waals surface area contributed by atoms with Crippen molar-refractivity contribution in [2.24, 2.45) is 0 Å². The van der Waals surface area contributed by atoms with Crippen molar-refractivity contribution in [1.29, 1.82) is 0 Å². The van der Waals surface area contributed by atoms with Crippen LogP contribution in [-0.2, 0) is 4.74 Å². The summed E-state index contributed by atoms with van der Waals surface area (Å²) < 4.78 is 12.0. The first-order valence-corrected chi connectivity index (χ1v) is 7.53. The third kappa shape index (κ3) is 3.51. The molecule has 0 radical (unpaired) electrons. The van der Waals surface area contributed by atoms with Crippen LogP contribution in [0.15, 0.2) is 48.5 Å². The first kappa shape index (κ1) is 13.9. The van der Waals surface area contributed by atoms with Gasteiger partial charge in [-0.05, 0) is 24.3 Å². The van der Waals surface area contributed by atoms with E-state index >= 15 is 0 Å². The lowest BCUT2D eigenvalue weighted by Gasteiger charge is -2.04. The minimum absolute atomic E-state index is 0.665. The Hall–Kier alpha value is -2.11. The number of ether oxygens (including phenoxy) is 2. The molecule has 0 atom stereocenters. The van der Waals surface area contributed by atoms with Crippen LogP contribution in [0.1, 0.15) is 0 Å². The van der Waals surface area contributed by atoms with Gasteiger partial charge in [-0.15, -0.1) is 0 Å². The fraction of sp³-hybridized carbons (Fsp3) is 0.188. The quantitative estimate of drug-likeness (QED) is 0.695. The van der Waals surface area contributed by atoms with Crippen LogP contribution < -0.4 is 10.1 Å². The van der Waals surface area contributed by atoms with E-state index < -0.39 is 0 Å². The Balaban J connectivity index is 1.76. The number of thiazole rings is 1. The van der Waals surface area contributed by atoms with Crippen molar-refractivity contribution in [3.8, 4) is 11.5 Å². The molecule has 0 aliphatic rings. The molecule has 3 rings (SSSR count). The molecule has 0 spiro atoms. The number of para-hydroxylation sites is 1. The predicted molar refractivity (Wildman–Crippen MR) is 86.5 cm³/mol. The summed E-state index contributed by atoms with van der Waals surface area (Å²) in [6.45, 7) is 1.42. The second kappa shape index (κ2) is 6.56. The maximum atomic E-state index is 5.83. The minimum atomic E-state index is 0.665. The van der Waals surface area contributed by atoms with Crippen LogP contribution >= 0.6 is 11.3 Å². The molecule has 0 aliphatic heterocycles. The molecule has 0 bridgehead atoms. The van der Waals surface area contributed by atoms with Crippen LogP contribution in [0.2, 0.25) is 0 Å². The number of benzene rings is 2. The van der Waals surface area contributed by atoms with Crippen LogP contribution in [0, 0.1) is 0 Å². The van der Waals surface area contributed by atoms with Gasteiger partial charge in [0.25, 0.3) is 0 Å². The summed E-state index contributed by atoms with van der Waals surface area (Å²) >= 11 is 1.61. The molecular formula is C16H16N2O2S. The normalized spacial score (nSPS) is 10.7. The first-order chi connectivity index (χ1) is 10.3. The minimum Gasteiger partial charge on any atom is -0.457 e. The second-order valence-corrected chi connectivity index (χ2v) is 5.51. The summed E-state index contributed by atoms with van der Waals surface area (Å²) in [5.41, 5.74) is 0.973. The van der Waals surface area contributed by atoms with Crippen molar-refractivity contribution >= 4 is 26.7 Å². The van der Waals surface area contributed by atoms with E-state index in [0.717, 1.165) is 33.4 Å². The van der Waals surface area contributed by atoms with E-state index in [2.05, 4.69) is 10.3 Å². The largest absolute Gasteiger partial charge is 0.457 e. The average molecular weight is 300 g/mol. The number of hydrogen-bond acceptors (Lipinski definition) is 5. The van der Waals surface area contributed by atoms with Gasteiger partial charge in [-0.1, -0.05) is 29.5 Å². The number of fused-ring (bicyclic) bond motifs is 1. The van der Waals surface area contributed by atoms with Crippen LogP contribution in [0.5, 0.6) is 11.5 Å². The Morgan fingerprint density at radius 3 is 2.76 bits per heavy atom. The van der Waals surface area contributed by atoms with E-state index in [-0.39, 0.29) is 0 Å². The Morgan fingerprint density at radius 2 is 1.95 bits per heavy atom. The van der Waals surface area contributed by atoms with Crippen LogP contribution in [0.4, 0.5) is 5.13 Å². The van der Waals surface area contributed by atoms with Crippen molar-refractivity contribution in [2.75, 3.05) is 25.6 Å². The molecule has 0 fully saturated rings. The van der Waals surface area contributed by atoms with E-state index in [1.54, 1.807) is 18.4 Å². The number of nitrogens with zero attached hydrogens (tertiary/aromatic N) is 1. The molecule has 2 aromatic carbocycles. The number of aromatic nitrogens is 1. The van der Waals surface area contributed by atoms with Gasteiger partial charge >= 0.3 is 0 Å². The lowest BCUT2D eigenvalue weighted by atomic mass is 10.3. The topological polar surface area (TPSA) is 43.4 Å². The van der Waals surface area contributed by atoms with Gasteiger partial charge in [0, 0.05) is 19.7 Å². The Morgan fingerprint density at radius 1 is 1.10 bits per heavy atom. The standard InChI is InChI=1S/C16H16N2O2S/c1-19-10-9-17-16-18-14-8-7-13(11-15(14)21-16)20-12-5-3-2-4-6-12/h2-8,11H,9-10H2,1H3,(H,17,18). The fourth-order valence-electron chi connectivity index (χ4n) is 1.93.